The van der Waals surface area contributed by atoms with Crippen molar-refractivity contribution in [3.8, 4) is 0 Å². The second-order valence-corrected chi connectivity index (χ2v) is 5.33. The van der Waals surface area contributed by atoms with Crippen molar-refractivity contribution >= 4 is 11.7 Å². The summed E-state index contributed by atoms with van der Waals surface area (Å²) in [7, 11) is 0. The molecule has 0 aliphatic heterocycles. The Morgan fingerprint density at radius 3 is 2.90 bits per heavy atom. The molecule has 1 saturated carbocycles. The van der Waals surface area contributed by atoms with Crippen molar-refractivity contribution in [2.75, 3.05) is 6.61 Å². The molecule has 0 radical (unpaired) electrons. The first kappa shape index (κ1) is 13.0. The normalized spacial score (nSPS) is 17.5. The Kier molecular flexibility index (Phi) is 3.13. The van der Waals surface area contributed by atoms with E-state index in [4.69, 9.17) is 0 Å². The fraction of sp³-hybridized carbons (Fsp3) is 0.538. The first-order valence-corrected chi connectivity index (χ1v) is 6.74. The van der Waals surface area contributed by atoms with Gasteiger partial charge in [0.05, 0.1) is 23.4 Å². The van der Waals surface area contributed by atoms with Gasteiger partial charge in [0.15, 0.2) is 0 Å². The maximum Gasteiger partial charge on any atom is 0.255 e. The summed E-state index contributed by atoms with van der Waals surface area (Å²) in [5.74, 6) is 0.250. The van der Waals surface area contributed by atoms with Gasteiger partial charge in [0.1, 0.15) is 6.33 Å². The molecule has 2 aromatic rings. The molecule has 0 spiro atoms. The summed E-state index contributed by atoms with van der Waals surface area (Å²) in [5.41, 5.74) is 0.666. The topological polar surface area (TPSA) is 92.4 Å². The van der Waals surface area contributed by atoms with Crippen LogP contribution in [0.5, 0.6) is 0 Å². The van der Waals surface area contributed by atoms with E-state index in [1.807, 2.05) is 0 Å². The highest BCUT2D eigenvalue weighted by Crippen LogP contribution is 2.29. The molecule has 7 heteroatoms. The Morgan fingerprint density at radius 1 is 1.45 bits per heavy atom. The molecule has 3 rings (SSSR count). The molecule has 0 bridgehead atoms. The van der Waals surface area contributed by atoms with E-state index in [1.54, 1.807) is 6.92 Å². The molecule has 1 amide bonds. The second-order valence-electron chi connectivity index (χ2n) is 5.33. The van der Waals surface area contributed by atoms with E-state index < -0.39 is 5.54 Å². The summed E-state index contributed by atoms with van der Waals surface area (Å²) in [6.45, 7) is 1.77. The van der Waals surface area contributed by atoms with Crippen LogP contribution in [0, 0.1) is 6.92 Å². The molecular weight excluding hydrogens is 258 g/mol. The van der Waals surface area contributed by atoms with Crippen LogP contribution >= 0.6 is 0 Å². The van der Waals surface area contributed by atoms with E-state index in [9.17, 15) is 9.90 Å². The van der Waals surface area contributed by atoms with Crippen LogP contribution < -0.4 is 5.32 Å². The molecule has 2 N–H and O–H groups in total. The average molecular weight is 275 g/mol. The molecule has 2 aromatic heterocycles. The van der Waals surface area contributed by atoms with Crippen LogP contribution in [0.1, 0.15) is 41.7 Å². The zero-order valence-electron chi connectivity index (χ0n) is 11.3. The van der Waals surface area contributed by atoms with Gasteiger partial charge in [-0.3, -0.25) is 4.79 Å². The highest BCUT2D eigenvalue weighted by Gasteiger charge is 2.35. The van der Waals surface area contributed by atoms with Gasteiger partial charge in [0.25, 0.3) is 11.7 Å². The fourth-order valence-corrected chi connectivity index (χ4v) is 2.80. The van der Waals surface area contributed by atoms with E-state index in [0.29, 0.717) is 17.0 Å². The molecular formula is C13H17N5O2. The quantitative estimate of drug-likeness (QED) is 0.849. The number of aromatic nitrogens is 4. The number of hydrogen-bond acceptors (Lipinski definition) is 5. The second kappa shape index (κ2) is 4.82. The van der Waals surface area contributed by atoms with Gasteiger partial charge in [-0.15, -0.1) is 0 Å². The van der Waals surface area contributed by atoms with E-state index in [-0.39, 0.29) is 12.5 Å². The van der Waals surface area contributed by atoms with Crippen molar-refractivity contribution in [2.24, 2.45) is 0 Å². The zero-order valence-corrected chi connectivity index (χ0v) is 11.3. The smallest absolute Gasteiger partial charge is 0.255 e. The Balaban J connectivity index is 1.90. The SMILES string of the molecule is Cc1c(C(=O)NC2(CO)CCCC2)cnc2ncnn12. The van der Waals surface area contributed by atoms with Crippen LogP contribution in [-0.4, -0.2) is 42.7 Å². The first-order chi connectivity index (χ1) is 9.65. The van der Waals surface area contributed by atoms with E-state index in [1.165, 1.54) is 17.0 Å². The van der Waals surface area contributed by atoms with Crippen LogP contribution in [0.25, 0.3) is 5.78 Å². The molecule has 0 unspecified atom stereocenters. The summed E-state index contributed by atoms with van der Waals surface area (Å²) < 4.78 is 1.54. The van der Waals surface area contributed by atoms with E-state index in [2.05, 4.69) is 20.4 Å². The van der Waals surface area contributed by atoms with Crippen molar-refractivity contribution in [1.29, 1.82) is 0 Å². The van der Waals surface area contributed by atoms with E-state index >= 15 is 0 Å². The monoisotopic (exact) mass is 275 g/mol. The van der Waals surface area contributed by atoms with Gasteiger partial charge in [0, 0.05) is 6.20 Å². The molecule has 0 aromatic carbocycles. The summed E-state index contributed by atoms with van der Waals surface area (Å²) >= 11 is 0. The number of fused-ring (bicyclic) bond motifs is 1. The maximum atomic E-state index is 12.4. The van der Waals surface area contributed by atoms with Gasteiger partial charge in [-0.2, -0.15) is 10.1 Å². The highest BCUT2D eigenvalue weighted by molar-refractivity contribution is 5.95. The van der Waals surface area contributed by atoms with Crippen LogP contribution in [0.4, 0.5) is 0 Å². The molecule has 7 nitrogen and oxygen atoms in total. The maximum absolute atomic E-state index is 12.4. The average Bonchev–Trinajstić information content (AvgIpc) is 3.08. The number of aliphatic hydroxyl groups excluding tert-OH is 1. The molecule has 1 aliphatic rings. The minimum Gasteiger partial charge on any atom is -0.394 e. The fourth-order valence-electron chi connectivity index (χ4n) is 2.80. The van der Waals surface area contributed by atoms with Crippen molar-refractivity contribution in [3.63, 3.8) is 0 Å². The Hall–Kier alpha value is -2.02. The lowest BCUT2D eigenvalue weighted by molar-refractivity contribution is 0.0837. The van der Waals surface area contributed by atoms with Crippen LogP contribution in [0.15, 0.2) is 12.5 Å². The van der Waals surface area contributed by atoms with E-state index in [0.717, 1.165) is 25.7 Å². The van der Waals surface area contributed by atoms with Crippen molar-refractivity contribution < 1.29 is 9.90 Å². The van der Waals surface area contributed by atoms with Gasteiger partial charge in [0.2, 0.25) is 0 Å². The highest BCUT2D eigenvalue weighted by atomic mass is 16.3. The summed E-state index contributed by atoms with van der Waals surface area (Å²) in [6, 6.07) is 0. The number of amides is 1. The van der Waals surface area contributed by atoms with Crippen molar-refractivity contribution in [1.82, 2.24) is 24.9 Å². The number of aryl methyl sites for hydroxylation is 1. The van der Waals surface area contributed by atoms with Gasteiger partial charge >= 0.3 is 0 Å². The Morgan fingerprint density at radius 2 is 2.20 bits per heavy atom. The number of nitrogens with zero attached hydrogens (tertiary/aromatic N) is 4. The lowest BCUT2D eigenvalue weighted by Gasteiger charge is -2.28. The molecule has 0 saturated heterocycles. The number of carbonyl (C=O) groups is 1. The number of hydrogen-bond donors (Lipinski definition) is 2. The molecule has 0 atom stereocenters. The number of aliphatic hydroxyl groups is 1. The molecule has 1 aliphatic carbocycles. The van der Waals surface area contributed by atoms with Gasteiger partial charge in [-0.25, -0.2) is 9.50 Å². The minimum absolute atomic E-state index is 0.0310. The molecule has 106 valence electrons. The number of carbonyl (C=O) groups excluding carboxylic acids is 1. The minimum atomic E-state index is -0.485. The Bertz CT molecular complexity index is 645. The predicted molar refractivity (Wildman–Crippen MR) is 71.3 cm³/mol. The molecule has 1 fully saturated rings. The van der Waals surface area contributed by atoms with Gasteiger partial charge in [-0.05, 0) is 19.8 Å². The zero-order chi connectivity index (χ0) is 14.2. The van der Waals surface area contributed by atoms with Crippen molar-refractivity contribution in [2.45, 2.75) is 38.1 Å². The van der Waals surface area contributed by atoms with Crippen molar-refractivity contribution in [3.05, 3.63) is 23.8 Å². The molecule has 2 heterocycles. The largest absolute Gasteiger partial charge is 0.394 e. The summed E-state index contributed by atoms with van der Waals surface area (Å²) in [5, 5.41) is 16.6. The molecule has 20 heavy (non-hydrogen) atoms. The first-order valence-electron chi connectivity index (χ1n) is 6.74. The number of rotatable bonds is 3. The lowest BCUT2D eigenvalue weighted by atomic mass is 9.98. The third-order valence-corrected chi connectivity index (χ3v) is 4.03. The summed E-state index contributed by atoms with van der Waals surface area (Å²) in [4.78, 5) is 20.5. The predicted octanol–water partition coefficient (Wildman–Crippen LogP) is 0.468. The third kappa shape index (κ3) is 2.03. The lowest BCUT2D eigenvalue weighted by Crippen LogP contribution is -2.49. The Labute approximate surface area is 116 Å². The van der Waals surface area contributed by atoms with Gasteiger partial charge in [-0.1, -0.05) is 12.8 Å². The third-order valence-electron chi connectivity index (χ3n) is 4.03. The van der Waals surface area contributed by atoms with Crippen LogP contribution in [-0.2, 0) is 0 Å². The van der Waals surface area contributed by atoms with Gasteiger partial charge < -0.3 is 10.4 Å². The summed E-state index contributed by atoms with van der Waals surface area (Å²) in [6.07, 6.45) is 6.60. The van der Waals surface area contributed by atoms with Crippen LogP contribution in [0.3, 0.4) is 0 Å². The standard InChI is InChI=1S/C13H17N5O2/c1-9-10(6-14-12-15-8-16-18(9)12)11(20)17-13(7-19)4-2-3-5-13/h6,8,19H,2-5,7H2,1H3,(H,17,20). The van der Waals surface area contributed by atoms with Crippen LogP contribution in [0.2, 0.25) is 0 Å². The number of nitrogens with one attached hydrogen (secondary N) is 1.